The SMILES string of the molecule is C[C@]12CC[C@H](OC(=O)[C@H](N)CS)CC1=CC[C@@H]1[C@@H]2CC[C@]2(C)C(c3cccnc3)=CC[C@@H]12. The molecular weight excluding hydrogens is 416 g/mol. The molecule has 32 heavy (non-hydrogen) atoms. The molecule has 0 amide bonds. The zero-order chi connectivity index (χ0) is 22.5. The average Bonchev–Trinajstić information content (AvgIpc) is 3.16. The summed E-state index contributed by atoms with van der Waals surface area (Å²) in [5, 5.41) is 0. The van der Waals surface area contributed by atoms with E-state index >= 15 is 0 Å². The lowest BCUT2D eigenvalue weighted by molar-refractivity contribution is -0.152. The summed E-state index contributed by atoms with van der Waals surface area (Å²) in [6, 6.07) is 3.65. The average molecular weight is 453 g/mol. The van der Waals surface area contributed by atoms with Crippen LogP contribution in [0.4, 0.5) is 0 Å². The number of carbonyl (C=O) groups excluding carboxylic acids is 1. The molecule has 7 atom stereocenters. The van der Waals surface area contributed by atoms with E-state index in [-0.39, 0.29) is 22.9 Å². The number of nitrogens with two attached hydrogens (primary N) is 1. The van der Waals surface area contributed by atoms with Crippen LogP contribution >= 0.6 is 12.6 Å². The van der Waals surface area contributed by atoms with Gasteiger partial charge in [-0.05, 0) is 84.3 Å². The third-order valence-electron chi connectivity index (χ3n) is 9.39. The normalized spacial score (nSPS) is 39.1. The highest BCUT2D eigenvalue weighted by Gasteiger charge is 2.57. The number of hydrogen-bond donors (Lipinski definition) is 2. The Labute approximate surface area is 197 Å². The number of aromatic nitrogens is 1. The third kappa shape index (κ3) is 3.47. The van der Waals surface area contributed by atoms with Crippen molar-refractivity contribution in [1.29, 1.82) is 0 Å². The number of thiol groups is 1. The van der Waals surface area contributed by atoms with E-state index in [0.717, 1.165) is 37.5 Å². The van der Waals surface area contributed by atoms with Crippen molar-refractivity contribution in [2.45, 2.75) is 70.9 Å². The Bertz CT molecular complexity index is 944. The Morgan fingerprint density at radius 3 is 2.78 bits per heavy atom. The van der Waals surface area contributed by atoms with Crippen molar-refractivity contribution in [2.24, 2.45) is 34.3 Å². The molecule has 2 saturated carbocycles. The van der Waals surface area contributed by atoms with Gasteiger partial charge in [0.15, 0.2) is 0 Å². The quantitative estimate of drug-likeness (QED) is 0.374. The molecule has 0 spiro atoms. The van der Waals surface area contributed by atoms with Crippen molar-refractivity contribution in [3.05, 3.63) is 47.8 Å². The van der Waals surface area contributed by atoms with Gasteiger partial charge in [0.25, 0.3) is 0 Å². The Balaban J connectivity index is 1.34. The number of nitrogens with zero attached hydrogens (tertiary/aromatic N) is 1. The molecule has 0 radical (unpaired) electrons. The van der Waals surface area contributed by atoms with Gasteiger partial charge >= 0.3 is 5.97 Å². The van der Waals surface area contributed by atoms with Crippen molar-refractivity contribution in [3.63, 3.8) is 0 Å². The summed E-state index contributed by atoms with van der Waals surface area (Å²) < 4.78 is 5.75. The molecule has 2 N–H and O–H groups in total. The maximum absolute atomic E-state index is 12.2. The zero-order valence-electron chi connectivity index (χ0n) is 19.3. The lowest BCUT2D eigenvalue weighted by Crippen LogP contribution is -2.50. The van der Waals surface area contributed by atoms with Gasteiger partial charge in [-0.2, -0.15) is 12.6 Å². The van der Waals surface area contributed by atoms with Crippen LogP contribution in [0.25, 0.3) is 5.57 Å². The maximum atomic E-state index is 12.2. The van der Waals surface area contributed by atoms with Crippen LogP contribution in [0.3, 0.4) is 0 Å². The maximum Gasteiger partial charge on any atom is 0.324 e. The van der Waals surface area contributed by atoms with Gasteiger partial charge in [0.2, 0.25) is 0 Å². The first kappa shape index (κ1) is 22.2. The lowest BCUT2D eigenvalue weighted by atomic mass is 9.47. The highest BCUT2D eigenvalue weighted by Crippen LogP contribution is 2.66. The molecule has 4 aliphatic carbocycles. The van der Waals surface area contributed by atoms with Crippen LogP contribution in [-0.2, 0) is 9.53 Å². The molecule has 0 bridgehead atoms. The smallest absolute Gasteiger partial charge is 0.324 e. The molecule has 1 aromatic heterocycles. The second kappa shape index (κ2) is 8.32. The van der Waals surface area contributed by atoms with Crippen molar-refractivity contribution >= 4 is 24.2 Å². The van der Waals surface area contributed by atoms with E-state index in [1.165, 1.54) is 36.0 Å². The Hall–Kier alpha value is -1.59. The molecule has 0 aromatic carbocycles. The van der Waals surface area contributed by atoms with E-state index in [2.05, 4.69) is 55.7 Å². The van der Waals surface area contributed by atoms with E-state index in [1.807, 2.05) is 12.4 Å². The van der Waals surface area contributed by atoms with Gasteiger partial charge in [-0.25, -0.2) is 0 Å². The number of rotatable bonds is 4. The molecule has 5 rings (SSSR count). The van der Waals surface area contributed by atoms with E-state index < -0.39 is 6.04 Å². The van der Waals surface area contributed by atoms with Gasteiger partial charge in [-0.1, -0.05) is 37.6 Å². The highest BCUT2D eigenvalue weighted by atomic mass is 32.1. The minimum absolute atomic E-state index is 0.0384. The molecule has 4 nitrogen and oxygen atoms in total. The van der Waals surface area contributed by atoms with E-state index in [4.69, 9.17) is 10.5 Å². The second-order valence-corrected chi connectivity index (χ2v) is 11.3. The molecular formula is C27H36N2O2S. The molecule has 0 saturated heterocycles. The van der Waals surface area contributed by atoms with Gasteiger partial charge < -0.3 is 10.5 Å². The fraction of sp³-hybridized carbons (Fsp3) is 0.630. The topological polar surface area (TPSA) is 65.2 Å². The van der Waals surface area contributed by atoms with Gasteiger partial charge in [-0.3, -0.25) is 9.78 Å². The summed E-state index contributed by atoms with van der Waals surface area (Å²) in [6.45, 7) is 4.99. The highest BCUT2D eigenvalue weighted by molar-refractivity contribution is 7.80. The van der Waals surface area contributed by atoms with Crippen molar-refractivity contribution < 1.29 is 9.53 Å². The van der Waals surface area contributed by atoms with Gasteiger partial charge in [0.05, 0.1) is 0 Å². The molecule has 0 unspecified atom stereocenters. The van der Waals surface area contributed by atoms with Gasteiger partial charge in [-0.15, -0.1) is 0 Å². The molecule has 2 fully saturated rings. The predicted molar refractivity (Wildman–Crippen MR) is 131 cm³/mol. The largest absolute Gasteiger partial charge is 0.461 e. The Morgan fingerprint density at radius 2 is 2.03 bits per heavy atom. The van der Waals surface area contributed by atoms with Crippen LogP contribution < -0.4 is 5.73 Å². The molecule has 1 aromatic rings. The van der Waals surface area contributed by atoms with Crippen LogP contribution in [0.2, 0.25) is 0 Å². The Morgan fingerprint density at radius 1 is 1.22 bits per heavy atom. The summed E-state index contributed by atoms with van der Waals surface area (Å²) in [7, 11) is 0. The Kier molecular flexibility index (Phi) is 5.78. The van der Waals surface area contributed by atoms with Crippen LogP contribution in [0.5, 0.6) is 0 Å². The first-order chi connectivity index (χ1) is 15.4. The van der Waals surface area contributed by atoms with E-state index in [9.17, 15) is 4.79 Å². The monoisotopic (exact) mass is 452 g/mol. The molecule has 5 heteroatoms. The summed E-state index contributed by atoms with van der Waals surface area (Å²) in [5.41, 5.74) is 10.6. The van der Waals surface area contributed by atoms with Crippen LogP contribution in [0.15, 0.2) is 42.3 Å². The third-order valence-corrected chi connectivity index (χ3v) is 9.79. The number of pyridine rings is 1. The molecule has 0 aliphatic heterocycles. The minimum Gasteiger partial charge on any atom is -0.461 e. The molecule has 172 valence electrons. The summed E-state index contributed by atoms with van der Waals surface area (Å²) in [5.74, 6) is 2.17. The van der Waals surface area contributed by atoms with E-state index in [1.54, 1.807) is 0 Å². The van der Waals surface area contributed by atoms with Crippen LogP contribution in [0.1, 0.15) is 64.4 Å². The number of ether oxygens (including phenoxy) is 1. The fourth-order valence-electron chi connectivity index (χ4n) is 7.59. The number of esters is 1. The van der Waals surface area contributed by atoms with Crippen LogP contribution in [-0.4, -0.2) is 28.9 Å². The number of carbonyl (C=O) groups is 1. The van der Waals surface area contributed by atoms with Crippen LogP contribution in [0, 0.1) is 28.6 Å². The van der Waals surface area contributed by atoms with Gasteiger partial charge in [0, 0.05) is 24.6 Å². The van der Waals surface area contributed by atoms with Crippen molar-refractivity contribution in [2.75, 3.05) is 5.75 Å². The first-order valence-electron chi connectivity index (χ1n) is 12.2. The summed E-state index contributed by atoms with van der Waals surface area (Å²) >= 11 is 4.13. The molecule has 4 aliphatic rings. The summed E-state index contributed by atoms with van der Waals surface area (Å²) in [4.78, 5) is 16.6. The zero-order valence-corrected chi connectivity index (χ0v) is 20.2. The molecule has 1 heterocycles. The number of allylic oxidation sites excluding steroid dienone is 3. The van der Waals surface area contributed by atoms with Crippen molar-refractivity contribution in [3.8, 4) is 0 Å². The first-order valence-corrected chi connectivity index (χ1v) is 12.9. The minimum atomic E-state index is -0.628. The number of hydrogen-bond acceptors (Lipinski definition) is 5. The second-order valence-electron chi connectivity index (χ2n) is 10.9. The standard InChI is InChI=1S/C27H36N2O2S/c1-26-11-9-19(31-25(30)24(28)16-32)14-18(26)5-6-20-22-8-7-21(17-4-3-13-29-15-17)27(22,2)12-10-23(20)26/h3-5,7,13,15,19-20,22-24,32H,6,8-12,14,16,28H2,1-2H3/t19-,20-,22-,23-,24+,26-,27+/m0/s1. The van der Waals surface area contributed by atoms with Gasteiger partial charge in [0.1, 0.15) is 12.1 Å². The fourth-order valence-corrected chi connectivity index (χ4v) is 7.74. The summed E-state index contributed by atoms with van der Waals surface area (Å²) in [6.07, 6.45) is 16.6. The predicted octanol–water partition coefficient (Wildman–Crippen LogP) is 5.21. The van der Waals surface area contributed by atoms with E-state index in [0.29, 0.717) is 11.7 Å². The number of fused-ring (bicyclic) bond motifs is 5. The lowest BCUT2D eigenvalue weighted by Gasteiger charge is -2.57. The van der Waals surface area contributed by atoms with Crippen molar-refractivity contribution in [1.82, 2.24) is 4.98 Å².